The summed E-state index contributed by atoms with van der Waals surface area (Å²) in [5.41, 5.74) is 3.90. The maximum absolute atomic E-state index is 6.10. The van der Waals surface area contributed by atoms with E-state index in [1.54, 1.807) is 0 Å². The van der Waals surface area contributed by atoms with Gasteiger partial charge >= 0.3 is 0 Å². The van der Waals surface area contributed by atoms with Crippen LogP contribution in [0, 0.1) is 11.8 Å². The van der Waals surface area contributed by atoms with Gasteiger partial charge in [-0.3, -0.25) is 4.90 Å². The van der Waals surface area contributed by atoms with Gasteiger partial charge in [-0.15, -0.1) is 6.58 Å². The van der Waals surface area contributed by atoms with Crippen molar-refractivity contribution in [3.8, 4) is 0 Å². The number of fused-ring (bicyclic) bond motifs is 4. The molecule has 0 aromatic carbocycles. The Kier molecular flexibility index (Phi) is 3.26. The number of hydrogen-bond donors (Lipinski definition) is 0. The van der Waals surface area contributed by atoms with E-state index in [1.165, 1.54) is 11.1 Å². The summed E-state index contributed by atoms with van der Waals surface area (Å²) < 4.78 is 0. The Morgan fingerprint density at radius 3 is 2.85 bits per heavy atom. The van der Waals surface area contributed by atoms with Crippen molar-refractivity contribution in [1.29, 1.82) is 0 Å². The smallest absolute Gasteiger partial charge is 0.129 e. The normalized spacial score (nSPS) is 31.8. The van der Waals surface area contributed by atoms with Crippen molar-refractivity contribution >= 4 is 11.6 Å². The molecule has 3 atom stereocenters. The van der Waals surface area contributed by atoms with Crippen molar-refractivity contribution in [1.82, 2.24) is 9.88 Å². The average molecular weight is 289 g/mol. The number of halogens is 1. The van der Waals surface area contributed by atoms with Gasteiger partial charge in [0.05, 0.1) is 5.54 Å². The van der Waals surface area contributed by atoms with Gasteiger partial charge in [0.15, 0.2) is 0 Å². The minimum absolute atomic E-state index is 0.0313. The molecule has 2 nitrogen and oxygen atoms in total. The second-order valence-electron chi connectivity index (χ2n) is 6.27. The van der Waals surface area contributed by atoms with E-state index in [0.717, 1.165) is 18.5 Å². The largest absolute Gasteiger partial charge is 0.299 e. The van der Waals surface area contributed by atoms with Gasteiger partial charge in [0, 0.05) is 11.6 Å². The number of allylic oxidation sites excluding steroid dienone is 1. The zero-order chi connectivity index (χ0) is 14.5. The molecular weight excluding hydrogens is 268 g/mol. The Balaban J connectivity index is 2.28. The monoisotopic (exact) mass is 288 g/mol. The van der Waals surface area contributed by atoms with Crippen molar-refractivity contribution in [2.45, 2.75) is 25.3 Å². The van der Waals surface area contributed by atoms with Crippen LogP contribution < -0.4 is 0 Å². The third-order valence-electron chi connectivity index (χ3n) is 4.95. The lowest BCUT2D eigenvalue weighted by Crippen LogP contribution is -2.54. The molecule has 0 unspecified atom stereocenters. The molecule has 0 spiro atoms. The molecule has 1 aromatic rings. The van der Waals surface area contributed by atoms with Crippen molar-refractivity contribution < 1.29 is 0 Å². The Morgan fingerprint density at radius 2 is 2.20 bits per heavy atom. The summed E-state index contributed by atoms with van der Waals surface area (Å²) >= 11 is 6.10. The molecule has 106 valence electrons. The predicted octanol–water partition coefficient (Wildman–Crippen LogP) is 3.82. The molecule has 0 radical (unpaired) electrons. The molecule has 0 fully saturated rings. The first-order chi connectivity index (χ1) is 9.49. The maximum Gasteiger partial charge on any atom is 0.129 e. The van der Waals surface area contributed by atoms with Gasteiger partial charge in [-0.25, -0.2) is 4.98 Å². The van der Waals surface area contributed by atoms with Gasteiger partial charge < -0.3 is 0 Å². The molecular formula is C17H21ClN2. The van der Waals surface area contributed by atoms with E-state index in [9.17, 15) is 0 Å². The fourth-order valence-electron chi connectivity index (χ4n) is 4.20. The van der Waals surface area contributed by atoms with Gasteiger partial charge in [-0.2, -0.15) is 0 Å². The molecule has 20 heavy (non-hydrogen) atoms. The van der Waals surface area contributed by atoms with Gasteiger partial charge in [0.2, 0.25) is 0 Å². The summed E-state index contributed by atoms with van der Waals surface area (Å²) in [7, 11) is 4.33. The first kappa shape index (κ1) is 13.8. The quantitative estimate of drug-likeness (QED) is 0.607. The lowest BCUT2D eigenvalue weighted by molar-refractivity contribution is 0.0539. The highest BCUT2D eigenvalue weighted by Crippen LogP contribution is 2.53. The SMILES string of the molecule is C=C[C@@H]1[C@H]2C=C(C)C[C@]1(N(C)C)c1ccc(Cl)nc1C2. The fourth-order valence-corrected chi connectivity index (χ4v) is 4.37. The van der Waals surface area contributed by atoms with Crippen LogP contribution in [0.4, 0.5) is 0 Å². The number of pyridine rings is 1. The molecule has 0 saturated carbocycles. The number of rotatable bonds is 2. The molecule has 0 N–H and O–H groups in total. The van der Waals surface area contributed by atoms with Crippen LogP contribution in [0.15, 0.2) is 36.4 Å². The van der Waals surface area contributed by atoms with E-state index in [-0.39, 0.29) is 5.54 Å². The van der Waals surface area contributed by atoms with Gasteiger partial charge in [0.25, 0.3) is 0 Å². The zero-order valence-corrected chi connectivity index (χ0v) is 13.1. The Morgan fingerprint density at radius 1 is 1.45 bits per heavy atom. The molecule has 2 aliphatic carbocycles. The minimum atomic E-state index is -0.0313. The summed E-state index contributed by atoms with van der Waals surface area (Å²) in [6.45, 7) is 6.34. The second kappa shape index (κ2) is 4.71. The predicted molar refractivity (Wildman–Crippen MR) is 83.9 cm³/mol. The molecule has 3 heteroatoms. The lowest BCUT2D eigenvalue weighted by Gasteiger charge is -2.54. The molecule has 0 saturated heterocycles. The van der Waals surface area contributed by atoms with Crippen LogP contribution in [0.1, 0.15) is 24.6 Å². The summed E-state index contributed by atoms with van der Waals surface area (Å²) in [5, 5.41) is 0.591. The van der Waals surface area contributed by atoms with Crippen LogP contribution in [0.25, 0.3) is 0 Å². The van der Waals surface area contributed by atoms with Crippen molar-refractivity contribution in [2.24, 2.45) is 11.8 Å². The van der Waals surface area contributed by atoms with Crippen LogP contribution in [-0.4, -0.2) is 24.0 Å². The molecule has 0 amide bonds. The molecule has 2 bridgehead atoms. The van der Waals surface area contributed by atoms with E-state index in [2.05, 4.69) is 55.7 Å². The lowest BCUT2D eigenvalue weighted by atomic mass is 9.59. The van der Waals surface area contributed by atoms with E-state index in [0.29, 0.717) is 17.0 Å². The molecule has 2 aliphatic rings. The summed E-state index contributed by atoms with van der Waals surface area (Å²) in [5.74, 6) is 0.902. The number of nitrogens with zero attached hydrogens (tertiary/aromatic N) is 2. The molecule has 3 rings (SSSR count). The Labute approximate surface area is 126 Å². The van der Waals surface area contributed by atoms with Crippen molar-refractivity contribution in [3.63, 3.8) is 0 Å². The van der Waals surface area contributed by atoms with E-state index < -0.39 is 0 Å². The third kappa shape index (κ3) is 1.78. The van der Waals surface area contributed by atoms with Crippen LogP contribution in [0.2, 0.25) is 5.15 Å². The zero-order valence-electron chi connectivity index (χ0n) is 12.4. The molecule has 1 heterocycles. The number of aromatic nitrogens is 1. The highest BCUT2D eigenvalue weighted by Gasteiger charge is 2.51. The minimum Gasteiger partial charge on any atom is -0.299 e. The van der Waals surface area contributed by atoms with Gasteiger partial charge in [-0.1, -0.05) is 35.4 Å². The Hall–Kier alpha value is -1.12. The maximum atomic E-state index is 6.10. The summed E-state index contributed by atoms with van der Waals surface area (Å²) in [4.78, 5) is 6.94. The van der Waals surface area contributed by atoms with Crippen molar-refractivity contribution in [3.05, 3.63) is 52.8 Å². The second-order valence-corrected chi connectivity index (χ2v) is 6.65. The standard InChI is InChI=1S/C17H21ClN2/c1-5-13-12-8-11(2)10-17(13,20(3)4)14-6-7-16(18)19-15(14)9-12/h5-8,12-13H,1,9-10H2,2-4H3/t12-,13+,17+/m0/s1. The topological polar surface area (TPSA) is 16.1 Å². The van der Waals surface area contributed by atoms with Gasteiger partial charge in [-0.05, 0) is 51.4 Å². The highest BCUT2D eigenvalue weighted by atomic mass is 35.5. The summed E-state index contributed by atoms with van der Waals surface area (Å²) in [6, 6.07) is 4.08. The van der Waals surface area contributed by atoms with E-state index in [1.807, 2.05) is 6.07 Å². The summed E-state index contributed by atoms with van der Waals surface area (Å²) in [6.07, 6.45) is 6.52. The average Bonchev–Trinajstić information content (AvgIpc) is 2.36. The fraction of sp³-hybridized carbons (Fsp3) is 0.471. The first-order valence-electron chi connectivity index (χ1n) is 7.12. The Bertz CT molecular complexity index is 591. The number of hydrogen-bond acceptors (Lipinski definition) is 2. The first-order valence-corrected chi connectivity index (χ1v) is 7.50. The van der Waals surface area contributed by atoms with Crippen LogP contribution in [-0.2, 0) is 12.0 Å². The van der Waals surface area contributed by atoms with Crippen LogP contribution in [0.3, 0.4) is 0 Å². The highest BCUT2D eigenvalue weighted by molar-refractivity contribution is 6.29. The van der Waals surface area contributed by atoms with Crippen LogP contribution in [0.5, 0.6) is 0 Å². The van der Waals surface area contributed by atoms with E-state index in [4.69, 9.17) is 11.6 Å². The molecule has 1 aromatic heterocycles. The third-order valence-corrected chi connectivity index (χ3v) is 5.16. The van der Waals surface area contributed by atoms with Crippen molar-refractivity contribution in [2.75, 3.05) is 14.1 Å². The van der Waals surface area contributed by atoms with Gasteiger partial charge in [0.1, 0.15) is 5.15 Å². The molecule has 0 aliphatic heterocycles. The van der Waals surface area contributed by atoms with Crippen LogP contribution >= 0.6 is 11.6 Å². The van der Waals surface area contributed by atoms with E-state index >= 15 is 0 Å².